The minimum absolute atomic E-state index is 0.0958. The van der Waals surface area contributed by atoms with Crippen LogP contribution in [0.2, 0.25) is 0 Å². The number of azide groups is 1. The van der Waals surface area contributed by atoms with Gasteiger partial charge in [-0.3, -0.25) is 0 Å². The molecule has 0 aliphatic rings. The van der Waals surface area contributed by atoms with E-state index >= 15 is 0 Å². The van der Waals surface area contributed by atoms with Crippen molar-refractivity contribution in [2.45, 2.75) is 143 Å². The number of nitrogens with zero attached hydrogens (tertiary/aromatic N) is 3. The molecule has 0 amide bonds. The number of hydrogen-bond donors (Lipinski definition) is 1. The number of rotatable bonds is 25. The van der Waals surface area contributed by atoms with Gasteiger partial charge in [0.15, 0.2) is 0 Å². The zero-order valence-electron chi connectivity index (χ0n) is 26.8. The van der Waals surface area contributed by atoms with E-state index in [1.165, 1.54) is 103 Å². The fourth-order valence-electron chi connectivity index (χ4n) is 4.70. The van der Waals surface area contributed by atoms with Crippen LogP contribution in [0.1, 0.15) is 141 Å². The Labute approximate surface area is 256 Å². The monoisotopic (exact) mass is 581 g/mol. The summed E-state index contributed by atoms with van der Waals surface area (Å²) in [7, 11) is 0. The Balaban J connectivity index is 0.000000422. The molecule has 42 heavy (non-hydrogen) atoms. The molecule has 0 fully saturated rings. The second-order valence-electron chi connectivity index (χ2n) is 11.2. The third-order valence-electron chi connectivity index (χ3n) is 7.38. The van der Waals surface area contributed by atoms with Crippen molar-refractivity contribution in [1.82, 2.24) is 0 Å². The fraction of sp³-hybridized carbons (Fsp3) is 0.667. The van der Waals surface area contributed by atoms with E-state index in [0.29, 0.717) is 6.54 Å². The molecule has 1 N–H and O–H groups in total. The summed E-state index contributed by atoms with van der Waals surface area (Å²) in [5.74, 6) is 1.80. The Morgan fingerprint density at radius 3 is 1.26 bits per heavy atom. The highest BCUT2D eigenvalue weighted by atomic mass is 16.5. The van der Waals surface area contributed by atoms with E-state index in [0.717, 1.165) is 48.7 Å². The van der Waals surface area contributed by atoms with E-state index < -0.39 is 0 Å². The number of aliphatic hydroxyl groups is 1. The largest absolute Gasteiger partial charge is 0.494 e. The van der Waals surface area contributed by atoms with Crippen LogP contribution in [0.3, 0.4) is 0 Å². The molecule has 2 rings (SSSR count). The molecular formula is C36H59N3O3. The number of hydrogen-bond acceptors (Lipinski definition) is 4. The summed E-state index contributed by atoms with van der Waals surface area (Å²) < 4.78 is 11.4. The third kappa shape index (κ3) is 22.0. The van der Waals surface area contributed by atoms with Crippen LogP contribution >= 0.6 is 0 Å². The third-order valence-corrected chi connectivity index (χ3v) is 7.38. The molecule has 6 nitrogen and oxygen atoms in total. The van der Waals surface area contributed by atoms with Gasteiger partial charge in [-0.2, -0.15) is 0 Å². The Hall–Kier alpha value is -2.69. The van der Waals surface area contributed by atoms with Crippen LogP contribution in [0.4, 0.5) is 0 Å². The van der Waals surface area contributed by atoms with Gasteiger partial charge >= 0.3 is 0 Å². The maximum absolute atomic E-state index is 8.95. The first-order valence-corrected chi connectivity index (χ1v) is 16.8. The molecule has 0 unspecified atom stereocenters. The molecule has 0 heterocycles. The Bertz CT molecular complexity index is 896. The highest BCUT2D eigenvalue weighted by Crippen LogP contribution is 2.16. The summed E-state index contributed by atoms with van der Waals surface area (Å²) in [6.07, 6.45) is 24.0. The fourth-order valence-corrected chi connectivity index (χ4v) is 4.70. The molecule has 2 aromatic rings. The van der Waals surface area contributed by atoms with Crippen LogP contribution in [0.5, 0.6) is 11.5 Å². The molecule has 0 aliphatic heterocycles. The van der Waals surface area contributed by atoms with Crippen LogP contribution in [-0.4, -0.2) is 18.3 Å². The highest BCUT2D eigenvalue weighted by molar-refractivity contribution is 5.27. The summed E-state index contributed by atoms with van der Waals surface area (Å²) in [5, 5.41) is 12.5. The Kier molecular flexibility index (Phi) is 25.3. The van der Waals surface area contributed by atoms with Crippen molar-refractivity contribution >= 4 is 0 Å². The van der Waals surface area contributed by atoms with Crippen LogP contribution in [0.15, 0.2) is 53.6 Å². The van der Waals surface area contributed by atoms with Gasteiger partial charge in [0.2, 0.25) is 0 Å². The van der Waals surface area contributed by atoms with Crippen molar-refractivity contribution in [1.29, 1.82) is 0 Å². The van der Waals surface area contributed by atoms with Crippen LogP contribution < -0.4 is 9.47 Å². The molecule has 0 radical (unpaired) electrons. The summed E-state index contributed by atoms with van der Waals surface area (Å²) in [4.78, 5) is 2.75. The van der Waals surface area contributed by atoms with E-state index in [1.54, 1.807) is 0 Å². The second-order valence-corrected chi connectivity index (χ2v) is 11.2. The first-order chi connectivity index (χ1) is 20.7. The molecule has 0 saturated carbocycles. The zero-order chi connectivity index (χ0) is 30.4. The molecule has 0 aromatic heterocycles. The highest BCUT2D eigenvalue weighted by Gasteiger charge is 1.98. The zero-order valence-corrected chi connectivity index (χ0v) is 26.8. The molecule has 6 heteroatoms. The molecule has 0 bridgehead atoms. The van der Waals surface area contributed by atoms with Crippen molar-refractivity contribution in [2.24, 2.45) is 5.11 Å². The van der Waals surface area contributed by atoms with Gasteiger partial charge in [-0.05, 0) is 53.8 Å². The summed E-state index contributed by atoms with van der Waals surface area (Å²) >= 11 is 0. The van der Waals surface area contributed by atoms with Gasteiger partial charge in [-0.25, -0.2) is 0 Å². The lowest BCUT2D eigenvalue weighted by Crippen LogP contribution is -1.97. The topological polar surface area (TPSA) is 87.5 Å². The molecule has 2 aromatic carbocycles. The lowest BCUT2D eigenvalue weighted by Gasteiger charge is -2.07. The van der Waals surface area contributed by atoms with E-state index in [9.17, 15) is 0 Å². The Morgan fingerprint density at radius 1 is 0.548 bits per heavy atom. The van der Waals surface area contributed by atoms with Crippen molar-refractivity contribution in [3.63, 3.8) is 0 Å². The van der Waals surface area contributed by atoms with E-state index in [2.05, 4.69) is 23.9 Å². The predicted molar refractivity (Wildman–Crippen MR) is 177 cm³/mol. The quantitative estimate of drug-likeness (QED) is 0.0547. The normalized spacial score (nSPS) is 10.5. The van der Waals surface area contributed by atoms with Crippen molar-refractivity contribution < 1.29 is 14.6 Å². The van der Waals surface area contributed by atoms with Gasteiger partial charge in [-0.15, -0.1) is 0 Å². The SMILES string of the molecule is CCCCCCCCCCCOc1ccc(CN=[N+]=[N-])cc1.CCCCCCCCCCCOc1ccc(CO)cc1. The number of unbranched alkanes of at least 4 members (excludes halogenated alkanes) is 16. The second kappa shape index (κ2) is 28.4. The molecule has 0 aliphatic carbocycles. The standard InChI is InChI=1S/C18H29N3O.C18H30O2/c1-2-3-4-5-6-7-8-9-10-15-22-18-13-11-17(12-14-18)16-20-21-19;1-2-3-4-5-6-7-8-9-10-15-20-18-13-11-17(16-19)12-14-18/h11-14H,2-10,15-16H2,1H3;11-14,19H,2-10,15-16H2,1H3. The molecule has 0 spiro atoms. The van der Waals surface area contributed by atoms with Crippen LogP contribution in [-0.2, 0) is 13.2 Å². The van der Waals surface area contributed by atoms with Gasteiger partial charge in [0.05, 0.1) is 26.4 Å². The lowest BCUT2D eigenvalue weighted by molar-refractivity contribution is 0.281. The van der Waals surface area contributed by atoms with E-state index in [4.69, 9.17) is 20.1 Å². The summed E-state index contributed by atoms with van der Waals surface area (Å²) in [5.41, 5.74) is 10.2. The molecule has 0 atom stereocenters. The maximum atomic E-state index is 8.95. The number of ether oxygens (including phenoxy) is 2. The van der Waals surface area contributed by atoms with E-state index in [-0.39, 0.29) is 6.61 Å². The summed E-state index contributed by atoms with van der Waals surface area (Å²) in [6, 6.07) is 15.4. The van der Waals surface area contributed by atoms with E-state index in [1.807, 2.05) is 48.5 Å². The molecule has 236 valence electrons. The van der Waals surface area contributed by atoms with Gasteiger partial charge in [0.25, 0.3) is 0 Å². The van der Waals surface area contributed by atoms with Gasteiger partial charge in [0.1, 0.15) is 11.5 Å². The summed E-state index contributed by atoms with van der Waals surface area (Å²) in [6.45, 7) is 6.60. The van der Waals surface area contributed by atoms with Crippen LogP contribution in [0, 0.1) is 0 Å². The first-order valence-electron chi connectivity index (χ1n) is 16.8. The average Bonchev–Trinajstić information content (AvgIpc) is 3.03. The molecule has 0 saturated heterocycles. The maximum Gasteiger partial charge on any atom is 0.119 e. The van der Waals surface area contributed by atoms with Crippen molar-refractivity contribution in [3.05, 3.63) is 70.1 Å². The lowest BCUT2D eigenvalue weighted by atomic mass is 10.1. The average molecular weight is 582 g/mol. The minimum Gasteiger partial charge on any atom is -0.494 e. The number of aliphatic hydroxyl groups excluding tert-OH is 1. The Morgan fingerprint density at radius 2 is 0.905 bits per heavy atom. The number of benzene rings is 2. The van der Waals surface area contributed by atoms with Gasteiger partial charge < -0.3 is 14.6 Å². The predicted octanol–water partition coefficient (Wildman–Crippen LogP) is 11.5. The van der Waals surface area contributed by atoms with Gasteiger partial charge in [0, 0.05) is 4.91 Å². The smallest absolute Gasteiger partial charge is 0.119 e. The van der Waals surface area contributed by atoms with Crippen molar-refractivity contribution in [2.75, 3.05) is 13.2 Å². The van der Waals surface area contributed by atoms with Crippen molar-refractivity contribution in [3.8, 4) is 11.5 Å². The minimum atomic E-state index is 0.0958. The molecular weight excluding hydrogens is 522 g/mol. The van der Waals surface area contributed by atoms with Crippen LogP contribution in [0.25, 0.3) is 10.4 Å². The van der Waals surface area contributed by atoms with Gasteiger partial charge in [-0.1, -0.05) is 146 Å². The first kappa shape index (κ1) is 37.3.